The van der Waals surface area contributed by atoms with Crippen LogP contribution in [-0.4, -0.2) is 90.8 Å². The average Bonchev–Trinajstić information content (AvgIpc) is 3.54. The number of carbonyl (C=O) groups is 2. The van der Waals surface area contributed by atoms with Crippen molar-refractivity contribution in [3.63, 3.8) is 0 Å². The van der Waals surface area contributed by atoms with Gasteiger partial charge in [-0.05, 0) is 80.3 Å². The Balaban J connectivity index is 0.00000110. The summed E-state index contributed by atoms with van der Waals surface area (Å²) >= 11 is 0. The number of rotatable bonds is 9. The molecule has 2 aliphatic rings. The van der Waals surface area contributed by atoms with E-state index in [9.17, 15) is 4.79 Å². The molecule has 1 saturated heterocycles. The topological polar surface area (TPSA) is 169 Å². The maximum Gasteiger partial charge on any atom is 0.315 e. The third-order valence-corrected chi connectivity index (χ3v) is 9.77. The number of ether oxygens (including phenoxy) is 1. The molecule has 1 aliphatic carbocycles. The zero-order valence-corrected chi connectivity index (χ0v) is 29.8. The van der Waals surface area contributed by atoms with Crippen LogP contribution in [-0.2, 0) is 17.9 Å². The SMILES string of the molecule is CC(=O)O.CN1CCN(C2CCC(n3nc(-c4ccc(Oc5ccc(CN(Cc6ccccc6)C(N)=O)cc5)cc4)c4c(N)ncnc43)CC2)CC1. The maximum atomic E-state index is 12.1. The van der Waals surface area contributed by atoms with E-state index in [0.29, 0.717) is 36.4 Å². The number of primary amides is 1. The van der Waals surface area contributed by atoms with Crippen molar-refractivity contribution in [3.05, 3.63) is 96.3 Å². The van der Waals surface area contributed by atoms with Crippen molar-refractivity contribution in [2.45, 2.75) is 57.8 Å². The number of carboxylic acid groups (broad SMARTS) is 1. The number of piperazine rings is 1. The van der Waals surface area contributed by atoms with Gasteiger partial charge in [0.05, 0.1) is 11.4 Å². The summed E-state index contributed by atoms with van der Waals surface area (Å²) in [7, 11) is 2.21. The van der Waals surface area contributed by atoms with E-state index >= 15 is 0 Å². The van der Waals surface area contributed by atoms with Crippen LogP contribution in [0.5, 0.6) is 11.5 Å². The molecule has 2 aromatic heterocycles. The number of hydrogen-bond donors (Lipinski definition) is 3. The van der Waals surface area contributed by atoms with Gasteiger partial charge in [-0.3, -0.25) is 9.69 Å². The second kappa shape index (κ2) is 16.7. The van der Waals surface area contributed by atoms with Crippen molar-refractivity contribution in [2.24, 2.45) is 5.73 Å². The van der Waals surface area contributed by atoms with Gasteiger partial charge in [-0.1, -0.05) is 42.5 Å². The number of benzene rings is 3. The third kappa shape index (κ3) is 9.03. The molecule has 2 amide bonds. The largest absolute Gasteiger partial charge is 0.481 e. The Morgan fingerprint density at radius 1 is 0.827 bits per heavy atom. The second-order valence-corrected chi connectivity index (χ2v) is 13.5. The van der Waals surface area contributed by atoms with Crippen molar-refractivity contribution >= 4 is 28.9 Å². The van der Waals surface area contributed by atoms with E-state index in [0.717, 1.165) is 92.2 Å². The standard InChI is InChI=1S/C37H43N9O2.C2H4O2/c1-43-19-21-44(22-20-43)29-11-13-30(14-12-29)46-36-33(35(38)40-25-41-36)34(42-46)28-9-17-32(18-10-28)48-31-15-7-27(8-16-31)24-45(37(39)47)23-26-5-3-2-4-6-26;1-2(3)4/h2-10,15-18,25,29-30H,11-14,19-24H2,1H3,(H2,39,47)(H2,38,40,41);1H3,(H,3,4). The molecule has 0 bridgehead atoms. The van der Waals surface area contributed by atoms with Crippen LogP contribution in [0.2, 0.25) is 0 Å². The van der Waals surface area contributed by atoms with Gasteiger partial charge >= 0.3 is 6.03 Å². The van der Waals surface area contributed by atoms with E-state index in [4.69, 9.17) is 31.2 Å². The highest BCUT2D eigenvalue weighted by Gasteiger charge is 2.30. The van der Waals surface area contributed by atoms with Gasteiger partial charge in [0.2, 0.25) is 0 Å². The summed E-state index contributed by atoms with van der Waals surface area (Å²) in [5, 5.41) is 13.3. The van der Waals surface area contributed by atoms with Crippen LogP contribution in [0.4, 0.5) is 10.6 Å². The monoisotopic (exact) mass is 705 g/mol. The first-order valence-electron chi connectivity index (χ1n) is 17.7. The molecule has 13 nitrogen and oxygen atoms in total. The van der Waals surface area contributed by atoms with Crippen LogP contribution < -0.4 is 16.2 Å². The molecular weight excluding hydrogens is 658 g/mol. The van der Waals surface area contributed by atoms with Crippen molar-refractivity contribution in [1.82, 2.24) is 34.4 Å². The number of amides is 2. The molecule has 0 atom stereocenters. The van der Waals surface area contributed by atoms with Crippen LogP contribution in [0.3, 0.4) is 0 Å². The molecule has 1 saturated carbocycles. The van der Waals surface area contributed by atoms with E-state index in [1.165, 1.54) is 6.33 Å². The molecule has 52 heavy (non-hydrogen) atoms. The van der Waals surface area contributed by atoms with E-state index in [1.54, 1.807) is 4.90 Å². The van der Waals surface area contributed by atoms with Gasteiger partial charge < -0.3 is 31.1 Å². The van der Waals surface area contributed by atoms with Crippen LogP contribution in [0.1, 0.15) is 49.8 Å². The van der Waals surface area contributed by atoms with E-state index in [1.807, 2.05) is 78.9 Å². The molecule has 13 heteroatoms. The Kier molecular flexibility index (Phi) is 11.6. The fourth-order valence-electron chi connectivity index (χ4n) is 7.02. The highest BCUT2D eigenvalue weighted by molar-refractivity contribution is 5.98. The molecule has 7 rings (SSSR count). The van der Waals surface area contributed by atoms with E-state index in [2.05, 4.69) is 31.5 Å². The van der Waals surface area contributed by atoms with Gasteiger partial charge in [0.25, 0.3) is 5.97 Å². The number of likely N-dealkylation sites (N-methyl/N-ethyl adjacent to an activating group) is 1. The lowest BCUT2D eigenvalue weighted by Gasteiger charge is -2.41. The molecule has 0 radical (unpaired) electrons. The van der Waals surface area contributed by atoms with Gasteiger partial charge in [0.1, 0.15) is 29.3 Å². The number of nitrogens with two attached hydrogens (primary N) is 2. The summed E-state index contributed by atoms with van der Waals surface area (Å²) in [5.74, 6) is 0.996. The molecule has 2 fully saturated rings. The van der Waals surface area contributed by atoms with Gasteiger partial charge in [-0.25, -0.2) is 19.4 Å². The number of fused-ring (bicyclic) bond motifs is 1. The Bertz CT molecular complexity index is 1930. The van der Waals surface area contributed by atoms with Crippen LogP contribution in [0.25, 0.3) is 22.3 Å². The van der Waals surface area contributed by atoms with Gasteiger partial charge in [-0.15, -0.1) is 0 Å². The summed E-state index contributed by atoms with van der Waals surface area (Å²) in [5.41, 5.74) is 16.6. The number of carbonyl (C=O) groups excluding carboxylic acids is 1. The molecule has 3 aromatic carbocycles. The van der Waals surface area contributed by atoms with E-state index in [-0.39, 0.29) is 6.04 Å². The van der Waals surface area contributed by atoms with Crippen LogP contribution >= 0.6 is 0 Å². The minimum atomic E-state index is -0.833. The molecule has 5 aromatic rings. The Labute approximate surface area is 303 Å². The number of aliphatic carboxylic acids is 1. The number of hydrogen-bond acceptors (Lipinski definition) is 9. The number of anilines is 1. The van der Waals surface area contributed by atoms with Crippen molar-refractivity contribution in [3.8, 4) is 22.8 Å². The number of nitrogens with zero attached hydrogens (tertiary/aromatic N) is 7. The third-order valence-electron chi connectivity index (χ3n) is 9.77. The fraction of sp³-hybridized carbons (Fsp3) is 0.359. The quantitative estimate of drug-likeness (QED) is 0.171. The van der Waals surface area contributed by atoms with Gasteiger partial charge in [-0.2, -0.15) is 5.10 Å². The van der Waals surface area contributed by atoms with Crippen molar-refractivity contribution in [2.75, 3.05) is 39.0 Å². The molecule has 0 unspecified atom stereocenters. The maximum absolute atomic E-state index is 12.1. The first-order valence-corrected chi connectivity index (χ1v) is 17.7. The summed E-state index contributed by atoms with van der Waals surface area (Å²) in [6.45, 7) is 6.54. The molecule has 3 heterocycles. The lowest BCUT2D eigenvalue weighted by atomic mass is 9.90. The Morgan fingerprint density at radius 3 is 1.98 bits per heavy atom. The first-order chi connectivity index (χ1) is 25.1. The predicted octanol–water partition coefficient (Wildman–Crippen LogP) is 5.77. The predicted molar refractivity (Wildman–Crippen MR) is 201 cm³/mol. The van der Waals surface area contributed by atoms with E-state index < -0.39 is 12.0 Å². The minimum Gasteiger partial charge on any atom is -0.481 e. The first kappa shape index (κ1) is 36.3. The number of aromatic nitrogens is 4. The van der Waals surface area contributed by atoms with Gasteiger partial charge in [0, 0.05) is 57.8 Å². The highest BCUT2D eigenvalue weighted by atomic mass is 16.5. The Morgan fingerprint density at radius 2 is 1.38 bits per heavy atom. The number of urea groups is 1. The Hall–Kier alpha value is -5.53. The lowest BCUT2D eigenvalue weighted by Crippen LogP contribution is -2.49. The molecule has 272 valence electrons. The summed E-state index contributed by atoms with van der Waals surface area (Å²) in [4.78, 5) is 36.8. The summed E-state index contributed by atoms with van der Waals surface area (Å²) < 4.78 is 8.25. The summed E-state index contributed by atoms with van der Waals surface area (Å²) in [6, 6.07) is 25.8. The zero-order valence-electron chi connectivity index (χ0n) is 29.8. The van der Waals surface area contributed by atoms with Crippen LogP contribution in [0.15, 0.2) is 85.2 Å². The average molecular weight is 706 g/mol. The summed E-state index contributed by atoms with van der Waals surface area (Å²) in [6.07, 6.45) is 5.99. The smallest absolute Gasteiger partial charge is 0.315 e. The van der Waals surface area contributed by atoms with Crippen molar-refractivity contribution < 1.29 is 19.4 Å². The number of carboxylic acids is 1. The van der Waals surface area contributed by atoms with Crippen molar-refractivity contribution in [1.29, 1.82) is 0 Å². The molecular formula is C39H47N9O4. The normalized spacial score (nSPS) is 18.0. The molecule has 0 spiro atoms. The van der Waals surface area contributed by atoms with Gasteiger partial charge in [0.15, 0.2) is 5.65 Å². The zero-order chi connectivity index (χ0) is 36.6. The fourth-order valence-corrected chi connectivity index (χ4v) is 7.02. The molecule has 1 aliphatic heterocycles. The number of nitrogen functional groups attached to an aromatic ring is 1. The van der Waals surface area contributed by atoms with Crippen LogP contribution in [0, 0.1) is 0 Å². The highest BCUT2D eigenvalue weighted by Crippen LogP contribution is 2.37. The minimum absolute atomic E-state index is 0.276. The molecule has 5 N–H and O–H groups in total. The lowest BCUT2D eigenvalue weighted by molar-refractivity contribution is -0.134. The second-order valence-electron chi connectivity index (χ2n) is 13.5.